The lowest BCUT2D eigenvalue weighted by atomic mass is 9.91. The lowest BCUT2D eigenvalue weighted by Gasteiger charge is -2.35. The second-order valence-corrected chi connectivity index (χ2v) is 5.78. The van der Waals surface area contributed by atoms with Gasteiger partial charge in [0, 0.05) is 25.2 Å². The Balaban J connectivity index is 2.30. The number of rotatable bonds is 5. The van der Waals surface area contributed by atoms with Crippen molar-refractivity contribution in [1.82, 2.24) is 15.1 Å². The van der Waals surface area contributed by atoms with E-state index in [2.05, 4.69) is 50.1 Å². The fourth-order valence-corrected chi connectivity index (χ4v) is 2.80. The molecule has 3 nitrogen and oxygen atoms in total. The fraction of sp³-hybridized carbons (Fsp3) is 1.00. The van der Waals surface area contributed by atoms with E-state index in [1.807, 2.05) is 0 Å². The standard InChI is InChI=1S/C13H29N3/c1-11(9-15(3)4)14-12(2)13-7-6-8-16(5)10-13/h11-14H,6-10H2,1-5H3. The van der Waals surface area contributed by atoms with Crippen LogP contribution >= 0.6 is 0 Å². The molecule has 1 aliphatic rings. The largest absolute Gasteiger partial charge is 0.310 e. The molecule has 3 heteroatoms. The smallest absolute Gasteiger partial charge is 0.0169 e. The number of nitrogens with zero attached hydrogens (tertiary/aromatic N) is 2. The molecule has 3 unspecified atom stereocenters. The van der Waals surface area contributed by atoms with Crippen LogP contribution in [0.15, 0.2) is 0 Å². The van der Waals surface area contributed by atoms with Crippen LogP contribution in [0.2, 0.25) is 0 Å². The maximum Gasteiger partial charge on any atom is 0.0169 e. The molecule has 1 heterocycles. The fourth-order valence-electron chi connectivity index (χ4n) is 2.80. The minimum absolute atomic E-state index is 0.581. The second-order valence-electron chi connectivity index (χ2n) is 5.78. The Bertz CT molecular complexity index is 194. The Labute approximate surface area is 101 Å². The van der Waals surface area contributed by atoms with Gasteiger partial charge in [-0.1, -0.05) is 0 Å². The number of piperidine rings is 1. The van der Waals surface area contributed by atoms with Crippen molar-refractivity contribution in [3.05, 3.63) is 0 Å². The van der Waals surface area contributed by atoms with Crippen LogP contribution in [0, 0.1) is 5.92 Å². The quantitative estimate of drug-likeness (QED) is 0.763. The molecule has 1 N–H and O–H groups in total. The Morgan fingerprint density at radius 2 is 2.06 bits per heavy atom. The van der Waals surface area contributed by atoms with Gasteiger partial charge >= 0.3 is 0 Å². The van der Waals surface area contributed by atoms with Crippen molar-refractivity contribution in [2.75, 3.05) is 40.8 Å². The Kier molecular flexibility index (Phi) is 5.73. The average molecular weight is 227 g/mol. The maximum atomic E-state index is 3.73. The molecule has 96 valence electrons. The zero-order valence-corrected chi connectivity index (χ0v) is 11.7. The van der Waals surface area contributed by atoms with Crippen molar-refractivity contribution in [3.63, 3.8) is 0 Å². The lowest BCUT2D eigenvalue weighted by molar-refractivity contribution is 0.170. The van der Waals surface area contributed by atoms with Gasteiger partial charge in [0.15, 0.2) is 0 Å². The van der Waals surface area contributed by atoms with E-state index >= 15 is 0 Å². The van der Waals surface area contributed by atoms with E-state index in [1.165, 1.54) is 25.9 Å². The second kappa shape index (κ2) is 6.58. The SMILES string of the molecule is CC(CN(C)C)NC(C)C1CCCN(C)C1. The van der Waals surface area contributed by atoms with Gasteiger partial charge in [-0.3, -0.25) is 0 Å². The third-order valence-corrected chi connectivity index (χ3v) is 3.55. The summed E-state index contributed by atoms with van der Waals surface area (Å²) in [5, 5.41) is 3.73. The van der Waals surface area contributed by atoms with Crippen molar-refractivity contribution in [2.45, 2.75) is 38.8 Å². The Morgan fingerprint density at radius 1 is 1.38 bits per heavy atom. The summed E-state index contributed by atoms with van der Waals surface area (Å²) in [6.45, 7) is 8.27. The van der Waals surface area contributed by atoms with E-state index in [0.717, 1.165) is 12.5 Å². The summed E-state index contributed by atoms with van der Waals surface area (Å²) in [7, 11) is 6.51. The molecule has 16 heavy (non-hydrogen) atoms. The van der Waals surface area contributed by atoms with E-state index in [-0.39, 0.29) is 0 Å². The molecule has 0 aliphatic carbocycles. The summed E-state index contributed by atoms with van der Waals surface area (Å²) in [6.07, 6.45) is 2.74. The molecule has 0 aromatic heterocycles. The van der Waals surface area contributed by atoms with Gasteiger partial charge in [0.1, 0.15) is 0 Å². The molecule has 0 aromatic rings. The van der Waals surface area contributed by atoms with Gasteiger partial charge in [-0.15, -0.1) is 0 Å². The van der Waals surface area contributed by atoms with Crippen molar-refractivity contribution < 1.29 is 0 Å². The van der Waals surface area contributed by atoms with Gasteiger partial charge in [-0.05, 0) is 60.3 Å². The summed E-state index contributed by atoms with van der Waals surface area (Å²) in [6, 6.07) is 1.22. The molecule has 1 fully saturated rings. The first kappa shape index (κ1) is 13.9. The minimum Gasteiger partial charge on any atom is -0.310 e. The number of hydrogen-bond donors (Lipinski definition) is 1. The minimum atomic E-state index is 0.581. The molecule has 0 spiro atoms. The van der Waals surface area contributed by atoms with Crippen LogP contribution in [0.1, 0.15) is 26.7 Å². The van der Waals surface area contributed by atoms with Crippen molar-refractivity contribution >= 4 is 0 Å². The monoisotopic (exact) mass is 227 g/mol. The van der Waals surface area contributed by atoms with E-state index in [1.54, 1.807) is 0 Å². The number of likely N-dealkylation sites (N-methyl/N-ethyl adjacent to an activating group) is 1. The molecular weight excluding hydrogens is 198 g/mol. The van der Waals surface area contributed by atoms with E-state index < -0.39 is 0 Å². The van der Waals surface area contributed by atoms with Crippen LogP contribution in [-0.2, 0) is 0 Å². The summed E-state index contributed by atoms with van der Waals surface area (Å²) < 4.78 is 0. The average Bonchev–Trinajstić information content (AvgIpc) is 2.16. The molecule has 3 atom stereocenters. The zero-order valence-electron chi connectivity index (χ0n) is 11.7. The summed E-state index contributed by atoms with van der Waals surface area (Å²) in [4.78, 5) is 4.71. The first-order chi connectivity index (χ1) is 7.49. The molecule has 0 radical (unpaired) electrons. The predicted octanol–water partition coefficient (Wildman–Crippen LogP) is 1.26. The predicted molar refractivity (Wildman–Crippen MR) is 70.8 cm³/mol. The van der Waals surface area contributed by atoms with Crippen LogP contribution < -0.4 is 5.32 Å². The summed E-state index contributed by atoms with van der Waals surface area (Å²) >= 11 is 0. The highest BCUT2D eigenvalue weighted by molar-refractivity contribution is 4.81. The van der Waals surface area contributed by atoms with E-state index in [9.17, 15) is 0 Å². The summed E-state index contributed by atoms with van der Waals surface area (Å²) in [5.41, 5.74) is 0. The third kappa shape index (κ3) is 4.81. The van der Waals surface area contributed by atoms with Gasteiger partial charge in [-0.25, -0.2) is 0 Å². The van der Waals surface area contributed by atoms with Crippen molar-refractivity contribution in [1.29, 1.82) is 0 Å². The Morgan fingerprint density at radius 3 is 2.62 bits per heavy atom. The van der Waals surface area contributed by atoms with Crippen LogP contribution in [0.4, 0.5) is 0 Å². The van der Waals surface area contributed by atoms with E-state index in [0.29, 0.717) is 12.1 Å². The lowest BCUT2D eigenvalue weighted by Crippen LogP contribution is -2.48. The van der Waals surface area contributed by atoms with Crippen LogP contribution in [0.25, 0.3) is 0 Å². The normalized spacial score (nSPS) is 27.0. The number of nitrogens with one attached hydrogen (secondary N) is 1. The van der Waals surface area contributed by atoms with Gasteiger partial charge < -0.3 is 15.1 Å². The highest BCUT2D eigenvalue weighted by Crippen LogP contribution is 2.18. The van der Waals surface area contributed by atoms with Crippen LogP contribution in [-0.4, -0.2) is 62.7 Å². The van der Waals surface area contributed by atoms with Crippen molar-refractivity contribution in [3.8, 4) is 0 Å². The van der Waals surface area contributed by atoms with Gasteiger partial charge in [0.05, 0.1) is 0 Å². The van der Waals surface area contributed by atoms with Gasteiger partial charge in [-0.2, -0.15) is 0 Å². The van der Waals surface area contributed by atoms with Gasteiger partial charge in [0.25, 0.3) is 0 Å². The molecule has 0 amide bonds. The van der Waals surface area contributed by atoms with Gasteiger partial charge in [0.2, 0.25) is 0 Å². The Hall–Kier alpha value is -0.120. The van der Waals surface area contributed by atoms with E-state index in [4.69, 9.17) is 0 Å². The highest BCUT2D eigenvalue weighted by Gasteiger charge is 2.23. The topological polar surface area (TPSA) is 18.5 Å². The molecule has 0 saturated carbocycles. The first-order valence-corrected chi connectivity index (χ1v) is 6.58. The number of hydrogen-bond acceptors (Lipinski definition) is 3. The molecule has 1 saturated heterocycles. The highest BCUT2D eigenvalue weighted by atomic mass is 15.1. The molecule has 0 aromatic carbocycles. The van der Waals surface area contributed by atoms with Crippen LogP contribution in [0.3, 0.4) is 0 Å². The maximum absolute atomic E-state index is 3.73. The molecule has 1 aliphatic heterocycles. The number of likely N-dealkylation sites (tertiary alicyclic amines) is 1. The van der Waals surface area contributed by atoms with Crippen LogP contribution in [0.5, 0.6) is 0 Å². The molecule has 1 rings (SSSR count). The third-order valence-electron chi connectivity index (χ3n) is 3.55. The summed E-state index contributed by atoms with van der Waals surface area (Å²) in [5.74, 6) is 0.823. The van der Waals surface area contributed by atoms with Crippen molar-refractivity contribution in [2.24, 2.45) is 5.92 Å². The first-order valence-electron chi connectivity index (χ1n) is 6.58. The molecule has 0 bridgehead atoms. The zero-order chi connectivity index (χ0) is 12.1. The molecular formula is C13H29N3.